The summed E-state index contributed by atoms with van der Waals surface area (Å²) in [6.07, 6.45) is 2.14. The number of nitrogens with one attached hydrogen (secondary N) is 1. The van der Waals surface area contributed by atoms with Gasteiger partial charge in [0.25, 0.3) is 0 Å². The molecule has 0 amide bonds. The van der Waals surface area contributed by atoms with Crippen LogP contribution in [0.15, 0.2) is 36.5 Å². The van der Waals surface area contributed by atoms with E-state index in [0.717, 1.165) is 5.56 Å². The van der Waals surface area contributed by atoms with Crippen LogP contribution in [0.25, 0.3) is 0 Å². The Kier molecular flexibility index (Phi) is 3.40. The number of aromatic nitrogens is 2. The normalized spacial score (nSPS) is 9.94. The van der Waals surface area contributed by atoms with Crippen LogP contribution in [0.1, 0.15) is 16.1 Å². The van der Waals surface area contributed by atoms with E-state index in [9.17, 15) is 9.18 Å². The highest BCUT2D eigenvalue weighted by molar-refractivity contribution is 5.80. The van der Waals surface area contributed by atoms with Crippen LogP contribution in [0.5, 0.6) is 0 Å². The van der Waals surface area contributed by atoms with Crippen LogP contribution in [0, 0.1) is 5.82 Å². The van der Waals surface area contributed by atoms with Gasteiger partial charge in [-0.05, 0) is 23.8 Å². The number of nitrogens with zero attached hydrogens (tertiary/aromatic N) is 2. The van der Waals surface area contributed by atoms with Crippen molar-refractivity contribution < 1.29 is 9.18 Å². The van der Waals surface area contributed by atoms with Crippen molar-refractivity contribution in [1.82, 2.24) is 10.2 Å². The molecule has 17 heavy (non-hydrogen) atoms. The summed E-state index contributed by atoms with van der Waals surface area (Å²) >= 11 is 0. The lowest BCUT2D eigenvalue weighted by atomic mass is 10.2. The fourth-order valence-electron chi connectivity index (χ4n) is 1.38. The maximum atomic E-state index is 12.7. The Labute approximate surface area is 97.5 Å². The Balaban J connectivity index is 2.07. The lowest BCUT2D eigenvalue weighted by Gasteiger charge is -2.07. The Morgan fingerprint density at radius 2 is 2.00 bits per heavy atom. The highest BCUT2D eigenvalue weighted by Crippen LogP contribution is 2.11. The molecule has 4 nitrogen and oxygen atoms in total. The van der Waals surface area contributed by atoms with Crippen LogP contribution >= 0.6 is 0 Å². The van der Waals surface area contributed by atoms with Gasteiger partial charge in [-0.2, -0.15) is 5.10 Å². The van der Waals surface area contributed by atoms with Crippen molar-refractivity contribution in [2.45, 2.75) is 6.54 Å². The summed E-state index contributed by atoms with van der Waals surface area (Å²) in [6.45, 7) is 0.493. The average Bonchev–Trinajstić information content (AvgIpc) is 2.38. The molecule has 1 aromatic carbocycles. The van der Waals surface area contributed by atoms with E-state index in [1.807, 2.05) is 0 Å². The first-order valence-electron chi connectivity index (χ1n) is 5.05. The summed E-state index contributed by atoms with van der Waals surface area (Å²) in [4.78, 5) is 10.7. The number of hydrogen-bond acceptors (Lipinski definition) is 4. The van der Waals surface area contributed by atoms with Gasteiger partial charge < -0.3 is 5.32 Å². The largest absolute Gasteiger partial charge is 0.379 e. The SMILES string of the molecule is O=Cc1nnccc1NCc1ccc(F)cc1. The van der Waals surface area contributed by atoms with Crippen molar-refractivity contribution in [3.05, 3.63) is 53.6 Å². The molecule has 0 spiro atoms. The van der Waals surface area contributed by atoms with E-state index in [1.54, 1.807) is 18.2 Å². The number of rotatable bonds is 4. The first kappa shape index (κ1) is 11.2. The summed E-state index contributed by atoms with van der Waals surface area (Å²) in [5.74, 6) is -0.270. The topological polar surface area (TPSA) is 54.9 Å². The number of aldehydes is 1. The highest BCUT2D eigenvalue weighted by atomic mass is 19.1. The van der Waals surface area contributed by atoms with E-state index in [2.05, 4.69) is 15.5 Å². The van der Waals surface area contributed by atoms with Gasteiger partial charge in [0.2, 0.25) is 0 Å². The quantitative estimate of drug-likeness (QED) is 0.818. The summed E-state index contributed by atoms with van der Waals surface area (Å²) in [6, 6.07) is 7.81. The van der Waals surface area contributed by atoms with Crippen LogP contribution in [-0.4, -0.2) is 16.5 Å². The molecule has 0 aliphatic carbocycles. The molecule has 2 aromatic rings. The summed E-state index contributed by atoms with van der Waals surface area (Å²) < 4.78 is 12.7. The molecule has 1 N–H and O–H groups in total. The molecule has 86 valence electrons. The van der Waals surface area contributed by atoms with Gasteiger partial charge in [-0.15, -0.1) is 5.10 Å². The summed E-state index contributed by atoms with van der Waals surface area (Å²) in [7, 11) is 0. The minimum atomic E-state index is -0.270. The van der Waals surface area contributed by atoms with Gasteiger partial charge in [0.1, 0.15) is 11.5 Å². The molecule has 0 aliphatic rings. The van der Waals surface area contributed by atoms with Crippen molar-refractivity contribution >= 4 is 12.0 Å². The predicted molar refractivity (Wildman–Crippen MR) is 61.1 cm³/mol. The molecular weight excluding hydrogens is 221 g/mol. The number of anilines is 1. The van der Waals surface area contributed by atoms with Crippen LogP contribution in [-0.2, 0) is 6.54 Å². The molecule has 1 aromatic heterocycles. The van der Waals surface area contributed by atoms with Crippen molar-refractivity contribution in [1.29, 1.82) is 0 Å². The fourth-order valence-corrected chi connectivity index (χ4v) is 1.38. The van der Waals surface area contributed by atoms with Gasteiger partial charge in [-0.3, -0.25) is 4.79 Å². The second-order valence-corrected chi connectivity index (χ2v) is 3.43. The zero-order chi connectivity index (χ0) is 12.1. The van der Waals surface area contributed by atoms with Gasteiger partial charge in [-0.25, -0.2) is 4.39 Å². The fraction of sp³-hybridized carbons (Fsp3) is 0.0833. The molecule has 0 aliphatic heterocycles. The second-order valence-electron chi connectivity index (χ2n) is 3.43. The molecule has 0 unspecified atom stereocenters. The summed E-state index contributed by atoms with van der Waals surface area (Å²) in [5, 5.41) is 10.3. The molecule has 2 rings (SSSR count). The Hall–Kier alpha value is -2.30. The third kappa shape index (κ3) is 2.84. The van der Waals surface area contributed by atoms with Crippen LogP contribution < -0.4 is 5.32 Å². The molecule has 0 saturated heterocycles. The van der Waals surface area contributed by atoms with Gasteiger partial charge in [0.05, 0.1) is 11.9 Å². The minimum absolute atomic E-state index is 0.259. The lowest BCUT2D eigenvalue weighted by Crippen LogP contribution is -2.04. The third-order valence-corrected chi connectivity index (χ3v) is 2.26. The number of hydrogen-bond donors (Lipinski definition) is 1. The van der Waals surface area contributed by atoms with Gasteiger partial charge >= 0.3 is 0 Å². The van der Waals surface area contributed by atoms with Crippen molar-refractivity contribution in [2.75, 3.05) is 5.32 Å². The van der Waals surface area contributed by atoms with Crippen molar-refractivity contribution in [3.63, 3.8) is 0 Å². The monoisotopic (exact) mass is 231 g/mol. The van der Waals surface area contributed by atoms with Crippen molar-refractivity contribution in [3.8, 4) is 0 Å². The third-order valence-electron chi connectivity index (χ3n) is 2.26. The van der Waals surface area contributed by atoms with E-state index >= 15 is 0 Å². The smallest absolute Gasteiger partial charge is 0.172 e. The number of carbonyl (C=O) groups is 1. The first-order chi connectivity index (χ1) is 8.29. The van der Waals surface area contributed by atoms with E-state index in [0.29, 0.717) is 18.5 Å². The predicted octanol–water partition coefficient (Wildman–Crippen LogP) is 2.04. The Morgan fingerprint density at radius 3 is 2.71 bits per heavy atom. The molecule has 0 atom stereocenters. The van der Waals surface area contributed by atoms with Gasteiger partial charge in [0, 0.05) is 6.54 Å². The van der Waals surface area contributed by atoms with E-state index in [1.165, 1.54) is 18.3 Å². The molecule has 0 fully saturated rings. The standard InChI is InChI=1S/C12H10FN3O/c13-10-3-1-9(2-4-10)7-14-11-5-6-15-16-12(11)8-17/h1-6,8H,7H2,(H,14,15). The van der Waals surface area contributed by atoms with Crippen LogP contribution in [0.4, 0.5) is 10.1 Å². The van der Waals surface area contributed by atoms with Gasteiger partial charge in [-0.1, -0.05) is 12.1 Å². The maximum Gasteiger partial charge on any atom is 0.172 e. The molecule has 0 radical (unpaired) electrons. The summed E-state index contributed by atoms with van der Waals surface area (Å²) in [5.41, 5.74) is 1.79. The van der Waals surface area contributed by atoms with Crippen molar-refractivity contribution in [2.24, 2.45) is 0 Å². The zero-order valence-corrected chi connectivity index (χ0v) is 8.93. The van der Waals surface area contributed by atoms with Crippen LogP contribution in [0.2, 0.25) is 0 Å². The molecular formula is C12H10FN3O. The molecule has 5 heteroatoms. The first-order valence-corrected chi connectivity index (χ1v) is 5.05. The highest BCUT2D eigenvalue weighted by Gasteiger charge is 2.02. The average molecular weight is 231 g/mol. The van der Waals surface area contributed by atoms with E-state index < -0.39 is 0 Å². The zero-order valence-electron chi connectivity index (χ0n) is 8.93. The molecule has 1 heterocycles. The maximum absolute atomic E-state index is 12.7. The second kappa shape index (κ2) is 5.16. The van der Waals surface area contributed by atoms with E-state index in [-0.39, 0.29) is 11.5 Å². The Bertz CT molecular complexity index is 513. The Morgan fingerprint density at radius 1 is 1.24 bits per heavy atom. The number of halogens is 1. The van der Waals surface area contributed by atoms with E-state index in [4.69, 9.17) is 0 Å². The number of benzene rings is 1. The van der Waals surface area contributed by atoms with Gasteiger partial charge in [0.15, 0.2) is 6.29 Å². The molecule has 0 saturated carbocycles. The molecule has 0 bridgehead atoms. The number of carbonyl (C=O) groups excluding carboxylic acids is 1. The minimum Gasteiger partial charge on any atom is -0.379 e. The lowest BCUT2D eigenvalue weighted by molar-refractivity contribution is 0.111. The van der Waals surface area contributed by atoms with Crippen LogP contribution in [0.3, 0.4) is 0 Å².